The van der Waals surface area contributed by atoms with Gasteiger partial charge in [-0.15, -0.1) is 0 Å². The molecule has 1 saturated carbocycles. The summed E-state index contributed by atoms with van der Waals surface area (Å²) >= 11 is 0. The normalized spacial score (nSPS) is 21.0. The van der Waals surface area contributed by atoms with Gasteiger partial charge in [-0.05, 0) is 51.9 Å². The fourth-order valence-electron chi connectivity index (χ4n) is 3.27. The van der Waals surface area contributed by atoms with E-state index in [1.165, 1.54) is 19.3 Å². The largest absolute Gasteiger partial charge is 0.367 e. The molecule has 0 unspecified atom stereocenters. The predicted octanol–water partition coefficient (Wildman–Crippen LogP) is 2.57. The fraction of sp³-hybridized carbons (Fsp3) is 0.722. The highest BCUT2D eigenvalue weighted by Gasteiger charge is 2.24. The van der Waals surface area contributed by atoms with Crippen LogP contribution in [0.3, 0.4) is 0 Å². The highest BCUT2D eigenvalue weighted by atomic mass is 16.1. The maximum absolute atomic E-state index is 11.8. The number of nitrogens with one attached hydrogen (secondary N) is 2. The summed E-state index contributed by atoms with van der Waals surface area (Å²) in [7, 11) is 0. The summed E-state index contributed by atoms with van der Waals surface area (Å²) in [5, 5.41) is 6.41. The minimum absolute atomic E-state index is 0.167. The molecule has 1 saturated heterocycles. The fourth-order valence-corrected chi connectivity index (χ4v) is 3.27. The van der Waals surface area contributed by atoms with Gasteiger partial charge >= 0.3 is 0 Å². The lowest BCUT2D eigenvalue weighted by Gasteiger charge is -2.33. The van der Waals surface area contributed by atoms with Crippen molar-refractivity contribution in [1.82, 2.24) is 15.3 Å². The number of aromatic nitrogens is 2. The summed E-state index contributed by atoms with van der Waals surface area (Å²) in [6, 6.07) is 2.88. The Labute approximate surface area is 144 Å². The van der Waals surface area contributed by atoms with E-state index < -0.39 is 0 Å². The number of piperidine rings is 1. The van der Waals surface area contributed by atoms with E-state index >= 15 is 0 Å². The van der Waals surface area contributed by atoms with Crippen LogP contribution < -0.4 is 15.5 Å². The summed E-state index contributed by atoms with van der Waals surface area (Å²) in [5.41, 5.74) is 0. The standard InChI is InChI=1S/C18H29N5O/c1-13(2)21-18(24)8-5-14-4-3-9-23(11-14)17-10-16(19-12-20-17)22-15-6-7-15/h10,12-15H,3-9,11H2,1-2H3,(H,21,24)(H,19,20,22)/t14-/m0/s1. The number of anilines is 2. The van der Waals surface area contributed by atoms with Gasteiger partial charge < -0.3 is 15.5 Å². The molecule has 1 amide bonds. The molecule has 1 atom stereocenters. The molecule has 6 heteroatoms. The molecule has 24 heavy (non-hydrogen) atoms. The van der Waals surface area contributed by atoms with E-state index in [-0.39, 0.29) is 11.9 Å². The van der Waals surface area contributed by atoms with Crippen molar-refractivity contribution in [2.75, 3.05) is 23.3 Å². The number of hydrogen-bond acceptors (Lipinski definition) is 5. The third kappa shape index (κ3) is 5.08. The first kappa shape index (κ1) is 17.0. The quantitative estimate of drug-likeness (QED) is 0.803. The second-order valence-corrected chi connectivity index (χ2v) is 7.40. The SMILES string of the molecule is CC(C)NC(=O)CC[C@@H]1CCCN(c2cc(NC3CC3)ncn2)C1. The average molecular weight is 331 g/mol. The lowest BCUT2D eigenvalue weighted by atomic mass is 9.93. The van der Waals surface area contributed by atoms with Crippen LogP contribution in [-0.2, 0) is 4.79 Å². The zero-order chi connectivity index (χ0) is 16.9. The van der Waals surface area contributed by atoms with Gasteiger partial charge in [-0.2, -0.15) is 0 Å². The van der Waals surface area contributed by atoms with Gasteiger partial charge in [0.2, 0.25) is 5.91 Å². The highest BCUT2D eigenvalue weighted by Crippen LogP contribution is 2.27. The van der Waals surface area contributed by atoms with Gasteiger partial charge in [0.05, 0.1) is 0 Å². The molecule has 2 fully saturated rings. The first-order valence-corrected chi connectivity index (χ1v) is 9.23. The van der Waals surface area contributed by atoms with E-state index in [2.05, 4.69) is 31.6 Å². The van der Waals surface area contributed by atoms with Crippen LogP contribution in [0.15, 0.2) is 12.4 Å². The molecule has 132 valence electrons. The predicted molar refractivity (Wildman–Crippen MR) is 96.1 cm³/mol. The van der Waals surface area contributed by atoms with Crippen molar-refractivity contribution >= 4 is 17.5 Å². The number of carbonyl (C=O) groups is 1. The molecule has 0 spiro atoms. The van der Waals surface area contributed by atoms with Crippen molar-refractivity contribution in [3.63, 3.8) is 0 Å². The number of nitrogens with zero attached hydrogens (tertiary/aromatic N) is 3. The van der Waals surface area contributed by atoms with Gasteiger partial charge in [-0.1, -0.05) is 0 Å². The number of amides is 1. The third-order valence-electron chi connectivity index (χ3n) is 4.65. The molecule has 2 N–H and O–H groups in total. The van der Waals surface area contributed by atoms with Crippen LogP contribution in [0.25, 0.3) is 0 Å². The van der Waals surface area contributed by atoms with Gasteiger partial charge in [-0.3, -0.25) is 4.79 Å². The smallest absolute Gasteiger partial charge is 0.220 e. The number of carbonyl (C=O) groups excluding carboxylic acids is 1. The topological polar surface area (TPSA) is 70.2 Å². The Balaban J connectivity index is 1.52. The highest BCUT2D eigenvalue weighted by molar-refractivity contribution is 5.76. The van der Waals surface area contributed by atoms with Crippen LogP contribution >= 0.6 is 0 Å². The molecule has 0 bridgehead atoms. The van der Waals surface area contributed by atoms with Gasteiger partial charge in [0.25, 0.3) is 0 Å². The zero-order valence-electron chi connectivity index (χ0n) is 14.8. The van der Waals surface area contributed by atoms with Crippen molar-refractivity contribution < 1.29 is 4.79 Å². The Bertz CT molecular complexity index is 558. The molecule has 2 aliphatic rings. The van der Waals surface area contributed by atoms with E-state index in [0.717, 1.165) is 37.6 Å². The Morgan fingerprint density at radius 3 is 2.92 bits per heavy atom. The minimum atomic E-state index is 0.167. The van der Waals surface area contributed by atoms with Crippen LogP contribution in [0.2, 0.25) is 0 Å². The molecular formula is C18H29N5O. The van der Waals surface area contributed by atoms with Crippen LogP contribution in [0.4, 0.5) is 11.6 Å². The molecule has 1 aliphatic carbocycles. The lowest BCUT2D eigenvalue weighted by molar-refractivity contribution is -0.121. The molecule has 0 aromatic carbocycles. The summed E-state index contributed by atoms with van der Waals surface area (Å²) in [6.07, 6.45) is 8.06. The molecule has 1 aliphatic heterocycles. The second kappa shape index (κ2) is 7.81. The Morgan fingerprint density at radius 1 is 1.33 bits per heavy atom. The van der Waals surface area contributed by atoms with Crippen LogP contribution in [0, 0.1) is 5.92 Å². The molecule has 1 aromatic heterocycles. The minimum Gasteiger partial charge on any atom is -0.367 e. The Morgan fingerprint density at radius 2 is 2.17 bits per heavy atom. The van der Waals surface area contributed by atoms with Gasteiger partial charge in [0, 0.05) is 37.7 Å². The number of hydrogen-bond donors (Lipinski definition) is 2. The molecule has 0 radical (unpaired) electrons. The summed E-state index contributed by atoms with van der Waals surface area (Å²) in [6.45, 7) is 6.02. The van der Waals surface area contributed by atoms with Crippen molar-refractivity contribution in [2.45, 2.75) is 64.5 Å². The molecule has 1 aromatic rings. The van der Waals surface area contributed by atoms with Crippen molar-refractivity contribution in [2.24, 2.45) is 5.92 Å². The van der Waals surface area contributed by atoms with Crippen LogP contribution in [-0.4, -0.2) is 41.0 Å². The molecule has 6 nitrogen and oxygen atoms in total. The summed E-state index contributed by atoms with van der Waals surface area (Å²) in [4.78, 5) is 23.0. The second-order valence-electron chi connectivity index (χ2n) is 7.40. The Kier molecular flexibility index (Phi) is 5.53. The maximum atomic E-state index is 11.8. The third-order valence-corrected chi connectivity index (χ3v) is 4.65. The first-order valence-electron chi connectivity index (χ1n) is 9.23. The number of rotatable bonds is 7. The van der Waals surface area contributed by atoms with Gasteiger partial charge in [0.1, 0.15) is 18.0 Å². The van der Waals surface area contributed by atoms with Gasteiger partial charge in [-0.25, -0.2) is 9.97 Å². The van der Waals surface area contributed by atoms with Crippen molar-refractivity contribution in [1.29, 1.82) is 0 Å². The van der Waals surface area contributed by atoms with Gasteiger partial charge in [0.15, 0.2) is 0 Å². The van der Waals surface area contributed by atoms with E-state index in [4.69, 9.17) is 0 Å². The lowest BCUT2D eigenvalue weighted by Crippen LogP contribution is -2.37. The monoisotopic (exact) mass is 331 g/mol. The first-order chi connectivity index (χ1) is 11.6. The zero-order valence-corrected chi connectivity index (χ0v) is 14.8. The van der Waals surface area contributed by atoms with Crippen molar-refractivity contribution in [3.05, 3.63) is 12.4 Å². The summed E-state index contributed by atoms with van der Waals surface area (Å²) < 4.78 is 0. The van der Waals surface area contributed by atoms with E-state index in [9.17, 15) is 4.79 Å². The van der Waals surface area contributed by atoms with Crippen LogP contribution in [0.5, 0.6) is 0 Å². The van der Waals surface area contributed by atoms with Crippen LogP contribution in [0.1, 0.15) is 52.4 Å². The average Bonchev–Trinajstić information content (AvgIpc) is 3.37. The van der Waals surface area contributed by atoms with E-state index in [1.807, 2.05) is 13.8 Å². The molecule has 3 rings (SSSR count). The summed E-state index contributed by atoms with van der Waals surface area (Å²) in [5.74, 6) is 2.66. The van der Waals surface area contributed by atoms with E-state index in [0.29, 0.717) is 18.4 Å². The Hall–Kier alpha value is -1.85. The van der Waals surface area contributed by atoms with E-state index in [1.54, 1.807) is 6.33 Å². The van der Waals surface area contributed by atoms with Crippen molar-refractivity contribution in [3.8, 4) is 0 Å². The molecular weight excluding hydrogens is 302 g/mol. The maximum Gasteiger partial charge on any atom is 0.220 e. The molecule has 2 heterocycles.